The van der Waals surface area contributed by atoms with E-state index in [1.54, 1.807) is 7.11 Å². The second-order valence-electron chi connectivity index (χ2n) is 11.3. The summed E-state index contributed by atoms with van der Waals surface area (Å²) < 4.78 is 5.72. The van der Waals surface area contributed by atoms with Crippen LogP contribution in [0.15, 0.2) is 30.5 Å². The first kappa shape index (κ1) is 27.3. The summed E-state index contributed by atoms with van der Waals surface area (Å²) in [4.78, 5) is 37.9. The van der Waals surface area contributed by atoms with Crippen LogP contribution in [0.5, 0.6) is 5.75 Å². The molecule has 39 heavy (non-hydrogen) atoms. The third kappa shape index (κ3) is 6.16. The van der Waals surface area contributed by atoms with Crippen LogP contribution >= 0.6 is 0 Å². The minimum atomic E-state index is -0.205. The van der Waals surface area contributed by atoms with E-state index >= 15 is 0 Å². The Morgan fingerprint density at radius 2 is 2.00 bits per heavy atom. The van der Waals surface area contributed by atoms with Crippen molar-refractivity contribution in [2.24, 2.45) is 11.3 Å². The van der Waals surface area contributed by atoms with Gasteiger partial charge in [-0.25, -0.2) is 4.98 Å². The smallest absolute Gasteiger partial charge is 0.224 e. The molecule has 1 saturated carbocycles. The summed E-state index contributed by atoms with van der Waals surface area (Å²) in [6.45, 7) is 5.88. The maximum Gasteiger partial charge on any atom is 0.224 e. The Labute approximate surface area is 230 Å². The van der Waals surface area contributed by atoms with Crippen LogP contribution in [0.4, 0.5) is 0 Å². The standard InChI is InChI=1S/C31H41N5O3/c1-4-22(37)8-6-5-7-9-25(36-30(38)24-18-31(24)12-14-32-15-13-31)29-33-19-27(35-29)23-16-21-11-10-20(2)34-26(21)17-28(23)39-3/h10-11,16-17,19,24-25,32H,4-9,12-15,18H2,1-3H3,(H,33,35)(H,36,38)/t24-,25+/m1/s1. The van der Waals surface area contributed by atoms with E-state index in [4.69, 9.17) is 9.72 Å². The Bertz CT molecular complexity index is 1330. The van der Waals surface area contributed by atoms with Crippen molar-refractivity contribution in [3.8, 4) is 17.0 Å². The minimum absolute atomic E-state index is 0.0928. The molecule has 1 amide bonds. The number of methoxy groups -OCH3 is 1. The van der Waals surface area contributed by atoms with Gasteiger partial charge >= 0.3 is 0 Å². The largest absolute Gasteiger partial charge is 0.496 e. The van der Waals surface area contributed by atoms with Crippen molar-refractivity contribution in [1.82, 2.24) is 25.6 Å². The van der Waals surface area contributed by atoms with Crippen LogP contribution in [0.1, 0.15) is 82.3 Å². The van der Waals surface area contributed by atoms with E-state index in [-0.39, 0.29) is 23.3 Å². The Morgan fingerprint density at radius 1 is 1.18 bits per heavy atom. The lowest BCUT2D eigenvalue weighted by Gasteiger charge is -2.24. The number of unbranched alkanes of at least 4 members (excludes halogenated alkanes) is 2. The number of hydrogen-bond acceptors (Lipinski definition) is 6. The normalized spacial score (nSPS) is 18.7. The Morgan fingerprint density at radius 3 is 2.77 bits per heavy atom. The summed E-state index contributed by atoms with van der Waals surface area (Å²) in [6.07, 6.45) is 9.72. The predicted octanol–water partition coefficient (Wildman–Crippen LogP) is 5.42. The summed E-state index contributed by atoms with van der Waals surface area (Å²) in [5.74, 6) is 2.03. The molecule has 2 aromatic heterocycles. The van der Waals surface area contributed by atoms with Gasteiger partial charge in [-0.3, -0.25) is 14.6 Å². The number of pyridine rings is 1. The topological polar surface area (TPSA) is 109 Å². The number of aromatic nitrogens is 3. The molecule has 8 nitrogen and oxygen atoms in total. The number of rotatable bonds is 12. The van der Waals surface area contributed by atoms with Crippen LogP contribution in [-0.4, -0.2) is 46.8 Å². The number of Topliss-reactive ketones (excluding diaryl/α,β-unsaturated/α-hetero) is 1. The lowest BCUT2D eigenvalue weighted by atomic mass is 9.91. The number of aromatic amines is 1. The number of aryl methyl sites for hydroxylation is 1. The fourth-order valence-electron chi connectivity index (χ4n) is 6.05. The first-order valence-electron chi connectivity index (χ1n) is 14.5. The number of ether oxygens (including phenoxy) is 1. The fraction of sp³-hybridized carbons (Fsp3) is 0.548. The quantitative estimate of drug-likeness (QED) is 0.269. The van der Waals surface area contributed by atoms with Crippen molar-refractivity contribution < 1.29 is 14.3 Å². The first-order valence-corrected chi connectivity index (χ1v) is 14.5. The molecule has 8 heteroatoms. The average molecular weight is 532 g/mol. The predicted molar refractivity (Wildman–Crippen MR) is 153 cm³/mol. The zero-order valence-corrected chi connectivity index (χ0v) is 23.4. The van der Waals surface area contributed by atoms with Crippen LogP contribution in [0, 0.1) is 18.3 Å². The number of carbonyl (C=O) groups is 2. The number of H-pyrrole nitrogens is 1. The molecule has 5 rings (SSSR count). The molecule has 1 aromatic carbocycles. The van der Waals surface area contributed by atoms with Gasteiger partial charge in [0.25, 0.3) is 0 Å². The summed E-state index contributed by atoms with van der Waals surface area (Å²) in [5.41, 5.74) is 3.78. The molecule has 1 aliphatic heterocycles. The van der Waals surface area contributed by atoms with Gasteiger partial charge in [-0.15, -0.1) is 0 Å². The van der Waals surface area contributed by atoms with E-state index in [1.807, 2.05) is 32.2 Å². The van der Waals surface area contributed by atoms with Gasteiger partial charge in [0.1, 0.15) is 17.4 Å². The number of amides is 1. The fourth-order valence-corrected chi connectivity index (χ4v) is 6.05. The molecule has 3 aromatic rings. The molecule has 2 aliphatic rings. The first-order chi connectivity index (χ1) is 18.9. The molecule has 3 N–H and O–H groups in total. The van der Waals surface area contributed by atoms with Gasteiger partial charge in [-0.1, -0.05) is 25.8 Å². The van der Waals surface area contributed by atoms with Crippen molar-refractivity contribution in [1.29, 1.82) is 0 Å². The van der Waals surface area contributed by atoms with E-state index in [0.29, 0.717) is 18.6 Å². The highest BCUT2D eigenvalue weighted by atomic mass is 16.5. The second kappa shape index (κ2) is 11.9. The van der Waals surface area contributed by atoms with Gasteiger partial charge in [0.2, 0.25) is 5.91 Å². The number of hydrogen-bond donors (Lipinski definition) is 3. The van der Waals surface area contributed by atoms with E-state index in [9.17, 15) is 9.59 Å². The lowest BCUT2D eigenvalue weighted by molar-refractivity contribution is -0.124. The molecular formula is C31H41N5O3. The van der Waals surface area contributed by atoms with Crippen LogP contribution in [0.25, 0.3) is 22.2 Å². The van der Waals surface area contributed by atoms with Crippen molar-refractivity contribution in [2.45, 2.75) is 77.7 Å². The van der Waals surface area contributed by atoms with E-state index in [0.717, 1.165) is 97.5 Å². The molecule has 3 heterocycles. The molecule has 1 spiro atoms. The third-order valence-corrected chi connectivity index (χ3v) is 8.63. The maximum absolute atomic E-state index is 13.4. The number of fused-ring (bicyclic) bond motifs is 1. The summed E-state index contributed by atoms with van der Waals surface area (Å²) in [6, 6.07) is 7.89. The SMILES string of the molecule is CCC(=O)CCCCC[C@H](NC(=O)[C@H]1CC12CCNCC2)c1ncc(-c2cc3ccc(C)nc3cc2OC)[nH]1. The minimum Gasteiger partial charge on any atom is -0.496 e. The van der Waals surface area contributed by atoms with Gasteiger partial charge < -0.3 is 20.4 Å². The highest BCUT2D eigenvalue weighted by molar-refractivity contribution is 5.87. The molecule has 2 fully saturated rings. The summed E-state index contributed by atoms with van der Waals surface area (Å²) >= 11 is 0. The number of ketones is 1. The molecule has 0 bridgehead atoms. The highest BCUT2D eigenvalue weighted by Gasteiger charge is 2.57. The number of carbonyl (C=O) groups excluding carboxylic acids is 2. The van der Waals surface area contributed by atoms with Crippen LogP contribution in [0.2, 0.25) is 0 Å². The summed E-state index contributed by atoms with van der Waals surface area (Å²) in [7, 11) is 1.66. The van der Waals surface area contributed by atoms with Gasteiger partial charge in [-0.05, 0) is 69.7 Å². The van der Waals surface area contributed by atoms with Crippen molar-refractivity contribution >= 4 is 22.6 Å². The zero-order chi connectivity index (χ0) is 27.4. The molecule has 1 saturated heterocycles. The third-order valence-electron chi connectivity index (χ3n) is 8.63. The van der Waals surface area contributed by atoms with Gasteiger partial charge in [0.05, 0.1) is 30.6 Å². The van der Waals surface area contributed by atoms with Gasteiger partial charge in [-0.2, -0.15) is 0 Å². The molecule has 208 valence electrons. The van der Waals surface area contributed by atoms with Gasteiger partial charge in [0, 0.05) is 41.5 Å². The van der Waals surface area contributed by atoms with Crippen molar-refractivity contribution in [2.75, 3.05) is 20.2 Å². The number of nitrogens with one attached hydrogen (secondary N) is 3. The highest BCUT2D eigenvalue weighted by Crippen LogP contribution is 2.58. The van der Waals surface area contributed by atoms with E-state index in [1.165, 1.54) is 0 Å². The number of piperidine rings is 1. The molecule has 0 radical (unpaired) electrons. The Kier molecular flexibility index (Phi) is 8.31. The van der Waals surface area contributed by atoms with E-state index < -0.39 is 0 Å². The van der Waals surface area contributed by atoms with Crippen LogP contribution < -0.4 is 15.4 Å². The van der Waals surface area contributed by atoms with Gasteiger partial charge in [0.15, 0.2) is 0 Å². The Balaban J connectivity index is 1.34. The Hall–Kier alpha value is -3.26. The number of benzene rings is 1. The zero-order valence-electron chi connectivity index (χ0n) is 23.4. The number of imidazole rings is 1. The molecule has 2 atom stereocenters. The van der Waals surface area contributed by atoms with Crippen molar-refractivity contribution in [3.05, 3.63) is 42.0 Å². The second-order valence-corrected chi connectivity index (χ2v) is 11.3. The molecular weight excluding hydrogens is 490 g/mol. The van der Waals surface area contributed by atoms with Crippen molar-refractivity contribution in [3.63, 3.8) is 0 Å². The lowest BCUT2D eigenvalue weighted by Crippen LogP contribution is -2.35. The van der Waals surface area contributed by atoms with Crippen LogP contribution in [-0.2, 0) is 9.59 Å². The molecule has 1 aliphatic carbocycles. The monoisotopic (exact) mass is 531 g/mol. The van der Waals surface area contributed by atoms with E-state index in [2.05, 4.69) is 32.7 Å². The average Bonchev–Trinajstić information content (AvgIpc) is 3.40. The number of nitrogens with zero attached hydrogens (tertiary/aromatic N) is 2. The molecule has 0 unspecified atom stereocenters. The maximum atomic E-state index is 13.4. The summed E-state index contributed by atoms with van der Waals surface area (Å²) in [5, 5.41) is 7.79. The van der Waals surface area contributed by atoms with Crippen LogP contribution in [0.3, 0.4) is 0 Å².